The molecule has 6 nitrogen and oxygen atoms in total. The molecule has 0 rings (SSSR count). The Morgan fingerprint density at radius 3 is 1.11 bits per heavy atom. The summed E-state index contributed by atoms with van der Waals surface area (Å²) in [4.78, 5) is 24.6. The van der Waals surface area contributed by atoms with Crippen LogP contribution in [-0.2, 0) is 14.3 Å². The molecule has 0 saturated heterocycles. The topological polar surface area (TPSA) is 95.9 Å². The van der Waals surface area contributed by atoms with Gasteiger partial charge in [0.25, 0.3) is 0 Å². The molecular weight excluding hydrogens is 863 g/mol. The monoisotopic (exact) mass is 984 g/mol. The number of carbonyl (C=O) groups excluding carboxylic acids is 2. The SMILES string of the molecule is CCCCCC/C=C\C/C=C\CCCCCCCCCC(=O)OCCCCCCCCCCCC/C=C\CCCCCCCCCC(=O)NC(CO)C(O)CCCCCCCCCCCCCCCC. The molecule has 0 heterocycles. The van der Waals surface area contributed by atoms with Gasteiger partial charge in [-0.1, -0.05) is 275 Å². The summed E-state index contributed by atoms with van der Waals surface area (Å²) in [5, 5.41) is 23.3. The molecule has 70 heavy (non-hydrogen) atoms. The van der Waals surface area contributed by atoms with Gasteiger partial charge in [0.2, 0.25) is 5.91 Å². The zero-order valence-corrected chi connectivity index (χ0v) is 47.0. The largest absolute Gasteiger partial charge is 0.466 e. The summed E-state index contributed by atoms with van der Waals surface area (Å²) < 4.78 is 5.49. The maximum Gasteiger partial charge on any atom is 0.305 e. The van der Waals surface area contributed by atoms with Crippen molar-refractivity contribution in [3.05, 3.63) is 36.5 Å². The molecule has 0 aliphatic carbocycles. The van der Waals surface area contributed by atoms with E-state index in [1.54, 1.807) is 0 Å². The first-order chi connectivity index (χ1) is 34.5. The Bertz CT molecular complexity index is 1130. The Morgan fingerprint density at radius 1 is 0.400 bits per heavy atom. The van der Waals surface area contributed by atoms with Crippen LogP contribution in [0.15, 0.2) is 36.5 Å². The zero-order valence-electron chi connectivity index (χ0n) is 47.0. The van der Waals surface area contributed by atoms with Crippen molar-refractivity contribution in [2.45, 2.75) is 347 Å². The first-order valence-corrected chi connectivity index (χ1v) is 31.2. The van der Waals surface area contributed by atoms with E-state index in [9.17, 15) is 19.8 Å². The molecule has 2 atom stereocenters. The second kappa shape index (κ2) is 59.6. The molecule has 1 amide bonds. The van der Waals surface area contributed by atoms with Crippen molar-refractivity contribution in [3.63, 3.8) is 0 Å². The summed E-state index contributed by atoms with van der Waals surface area (Å²) in [5.41, 5.74) is 0. The van der Waals surface area contributed by atoms with Crippen LogP contribution in [-0.4, -0.2) is 47.4 Å². The van der Waals surface area contributed by atoms with Crippen molar-refractivity contribution in [3.8, 4) is 0 Å². The van der Waals surface area contributed by atoms with Gasteiger partial charge in [-0.2, -0.15) is 0 Å². The number of ether oxygens (including phenoxy) is 1. The number of unbranched alkanes of at least 4 members (excludes halogenated alkanes) is 41. The second-order valence-corrected chi connectivity index (χ2v) is 21.4. The summed E-state index contributed by atoms with van der Waals surface area (Å²) in [7, 11) is 0. The van der Waals surface area contributed by atoms with Gasteiger partial charge >= 0.3 is 5.97 Å². The molecule has 0 aromatic rings. The van der Waals surface area contributed by atoms with Gasteiger partial charge in [0, 0.05) is 12.8 Å². The standard InChI is InChI=1S/C64H121NO5/c1-3-5-7-9-11-13-15-17-19-20-27-30-34-38-42-46-50-54-58-64(69)70-59-55-51-47-43-39-35-31-28-25-23-21-22-24-26-29-33-37-41-45-49-53-57-63(68)65-61(60-66)62(67)56-52-48-44-40-36-32-18-16-14-12-10-8-6-4-2/h13,15,19-20,22,24,61-62,66-67H,3-12,14,16-18,21,23,25-60H2,1-2H3,(H,65,68)/b15-13-,20-19-,24-22-. The number of aliphatic hydroxyl groups is 2. The first-order valence-electron chi connectivity index (χ1n) is 31.2. The average Bonchev–Trinajstić information content (AvgIpc) is 3.36. The van der Waals surface area contributed by atoms with Gasteiger partial charge in [-0.15, -0.1) is 0 Å². The molecule has 0 aromatic carbocycles. The van der Waals surface area contributed by atoms with E-state index in [0.29, 0.717) is 25.9 Å². The number of hydrogen-bond donors (Lipinski definition) is 3. The Labute approximate surface area is 436 Å². The van der Waals surface area contributed by atoms with E-state index >= 15 is 0 Å². The minimum Gasteiger partial charge on any atom is -0.466 e. The number of amides is 1. The maximum absolute atomic E-state index is 12.5. The van der Waals surface area contributed by atoms with E-state index in [2.05, 4.69) is 55.6 Å². The quantitative estimate of drug-likeness (QED) is 0.0321. The minimum absolute atomic E-state index is 0.00101. The predicted molar refractivity (Wildman–Crippen MR) is 306 cm³/mol. The van der Waals surface area contributed by atoms with Crippen molar-refractivity contribution in [1.82, 2.24) is 5.32 Å². The van der Waals surface area contributed by atoms with E-state index in [-0.39, 0.29) is 18.5 Å². The fourth-order valence-electron chi connectivity index (χ4n) is 9.61. The van der Waals surface area contributed by atoms with Gasteiger partial charge in [-0.05, 0) is 83.5 Å². The third-order valence-corrected chi connectivity index (χ3v) is 14.4. The number of hydrogen-bond acceptors (Lipinski definition) is 5. The summed E-state index contributed by atoms with van der Waals surface area (Å²) in [6, 6.07) is -0.547. The van der Waals surface area contributed by atoms with E-state index < -0.39 is 12.1 Å². The van der Waals surface area contributed by atoms with Crippen LogP contribution in [0.2, 0.25) is 0 Å². The van der Waals surface area contributed by atoms with Gasteiger partial charge in [-0.25, -0.2) is 0 Å². The molecule has 0 radical (unpaired) electrons. The first kappa shape index (κ1) is 68.1. The van der Waals surface area contributed by atoms with Crippen LogP contribution in [0.4, 0.5) is 0 Å². The third-order valence-electron chi connectivity index (χ3n) is 14.4. The van der Waals surface area contributed by atoms with Crippen LogP contribution in [0.3, 0.4) is 0 Å². The number of aliphatic hydroxyl groups excluding tert-OH is 2. The van der Waals surface area contributed by atoms with Crippen molar-refractivity contribution >= 4 is 11.9 Å². The highest BCUT2D eigenvalue weighted by Gasteiger charge is 2.20. The lowest BCUT2D eigenvalue weighted by Crippen LogP contribution is -2.45. The van der Waals surface area contributed by atoms with Crippen LogP contribution in [0.1, 0.15) is 335 Å². The number of carbonyl (C=O) groups is 2. The Balaban J connectivity index is 3.41. The third kappa shape index (κ3) is 55.4. The van der Waals surface area contributed by atoms with Crippen LogP contribution >= 0.6 is 0 Å². The molecule has 0 bridgehead atoms. The molecule has 0 aliphatic rings. The molecule has 0 spiro atoms. The molecule has 2 unspecified atom stereocenters. The van der Waals surface area contributed by atoms with E-state index in [0.717, 1.165) is 51.4 Å². The minimum atomic E-state index is -0.669. The highest BCUT2D eigenvalue weighted by molar-refractivity contribution is 5.76. The number of nitrogens with one attached hydrogen (secondary N) is 1. The van der Waals surface area contributed by atoms with Crippen molar-refractivity contribution in [2.24, 2.45) is 0 Å². The molecule has 0 fully saturated rings. The van der Waals surface area contributed by atoms with Gasteiger partial charge in [-0.3, -0.25) is 9.59 Å². The maximum atomic E-state index is 12.5. The van der Waals surface area contributed by atoms with Crippen LogP contribution in [0.5, 0.6) is 0 Å². The molecule has 412 valence electrons. The van der Waals surface area contributed by atoms with E-state index in [1.807, 2.05) is 0 Å². The lowest BCUT2D eigenvalue weighted by molar-refractivity contribution is -0.143. The second-order valence-electron chi connectivity index (χ2n) is 21.4. The van der Waals surface area contributed by atoms with Gasteiger partial charge in [0.05, 0.1) is 25.4 Å². The highest BCUT2D eigenvalue weighted by Crippen LogP contribution is 2.17. The smallest absolute Gasteiger partial charge is 0.305 e. The lowest BCUT2D eigenvalue weighted by atomic mass is 10.0. The van der Waals surface area contributed by atoms with Crippen molar-refractivity contribution in [1.29, 1.82) is 0 Å². The van der Waals surface area contributed by atoms with Gasteiger partial charge < -0.3 is 20.3 Å². The van der Waals surface area contributed by atoms with E-state index in [4.69, 9.17) is 4.74 Å². The van der Waals surface area contributed by atoms with Gasteiger partial charge in [0.15, 0.2) is 0 Å². The summed E-state index contributed by atoms with van der Waals surface area (Å²) in [6.45, 7) is 4.94. The normalized spacial score (nSPS) is 12.8. The Morgan fingerprint density at radius 2 is 0.714 bits per heavy atom. The number of rotatable bonds is 58. The predicted octanol–water partition coefficient (Wildman–Crippen LogP) is 19.6. The number of esters is 1. The van der Waals surface area contributed by atoms with Gasteiger partial charge in [0.1, 0.15) is 0 Å². The highest BCUT2D eigenvalue weighted by atomic mass is 16.5. The van der Waals surface area contributed by atoms with Crippen LogP contribution < -0.4 is 5.32 Å². The van der Waals surface area contributed by atoms with Crippen molar-refractivity contribution < 1.29 is 24.5 Å². The van der Waals surface area contributed by atoms with E-state index in [1.165, 1.54) is 250 Å². The van der Waals surface area contributed by atoms with Crippen LogP contribution in [0, 0.1) is 0 Å². The lowest BCUT2D eigenvalue weighted by Gasteiger charge is -2.22. The average molecular weight is 985 g/mol. The number of allylic oxidation sites excluding steroid dienone is 6. The molecule has 3 N–H and O–H groups in total. The summed E-state index contributed by atoms with van der Waals surface area (Å²) >= 11 is 0. The fourth-order valence-corrected chi connectivity index (χ4v) is 9.61. The molecule has 0 aliphatic heterocycles. The Kier molecular flexibility index (Phi) is 58.0. The fraction of sp³-hybridized carbons (Fsp3) is 0.875. The molecule has 0 aromatic heterocycles. The molecular formula is C64H121NO5. The molecule has 0 saturated carbocycles. The summed E-state index contributed by atoms with van der Waals surface area (Å²) in [6.07, 6.45) is 74.3. The Hall–Kier alpha value is -1.92. The molecule has 6 heteroatoms. The summed E-state index contributed by atoms with van der Waals surface area (Å²) in [5.74, 6) is -0.0410. The van der Waals surface area contributed by atoms with Crippen LogP contribution in [0.25, 0.3) is 0 Å². The van der Waals surface area contributed by atoms with Crippen molar-refractivity contribution in [2.75, 3.05) is 13.2 Å². The zero-order chi connectivity index (χ0) is 50.7.